The molecule has 4 aromatic heterocycles. The van der Waals surface area contributed by atoms with Crippen LogP contribution >= 0.6 is 11.3 Å². The third-order valence-electron chi connectivity index (χ3n) is 7.14. The summed E-state index contributed by atoms with van der Waals surface area (Å²) in [6.45, 7) is 3.82. The number of carbonyl (C=O) groups excluding carboxylic acids is 2. The maximum Gasteiger partial charge on any atom is 0.280 e. The molecule has 6 rings (SSSR count). The average Bonchev–Trinajstić information content (AvgIpc) is 3.63. The average molecular weight is 547 g/mol. The highest BCUT2D eigenvalue weighted by atomic mass is 32.1. The molecule has 0 aliphatic heterocycles. The second-order valence-electron chi connectivity index (χ2n) is 9.76. The molecule has 5 aromatic rings. The molecule has 1 aromatic carbocycles. The normalized spacial score (nSPS) is 13.5. The van der Waals surface area contributed by atoms with Crippen molar-refractivity contribution < 1.29 is 18.4 Å². The van der Waals surface area contributed by atoms with E-state index in [0.29, 0.717) is 33.1 Å². The number of pyridine rings is 2. The van der Waals surface area contributed by atoms with Crippen LogP contribution in [0.1, 0.15) is 67.9 Å². The molecule has 1 saturated carbocycles. The van der Waals surface area contributed by atoms with Gasteiger partial charge in [0.1, 0.15) is 15.4 Å². The highest BCUT2D eigenvalue weighted by Gasteiger charge is 2.32. The van der Waals surface area contributed by atoms with Crippen molar-refractivity contribution in [2.24, 2.45) is 12.8 Å². The van der Waals surface area contributed by atoms with E-state index in [0.717, 1.165) is 41.1 Å². The molecule has 1 aliphatic rings. The van der Waals surface area contributed by atoms with E-state index in [1.165, 1.54) is 6.07 Å². The standard InChI is InChI=1S/C28H24F2N6O2S/c1-12-21(13(2)36(3)35-12)19-11-17(15-6-4-5-7-18(15)32-19)27(38)34-23-22-16(14-8-9-14)10-20(25(29)30)33-28(22)39-24(23)26(31)37/h4-7,10-11,14,25H,8-9H2,1-3H3,(H2,31,37)(H,34,38). The van der Waals surface area contributed by atoms with Crippen LogP contribution in [0.15, 0.2) is 36.4 Å². The first-order valence-corrected chi connectivity index (χ1v) is 13.2. The zero-order valence-electron chi connectivity index (χ0n) is 21.4. The van der Waals surface area contributed by atoms with Gasteiger partial charge in [-0.3, -0.25) is 14.3 Å². The molecule has 0 saturated heterocycles. The number of thiophene rings is 1. The number of benzene rings is 1. The van der Waals surface area contributed by atoms with Crippen LogP contribution in [0, 0.1) is 13.8 Å². The monoisotopic (exact) mass is 546 g/mol. The Kier molecular flexibility index (Phi) is 5.91. The molecule has 0 radical (unpaired) electrons. The summed E-state index contributed by atoms with van der Waals surface area (Å²) in [6.07, 6.45) is -1.09. The predicted molar refractivity (Wildman–Crippen MR) is 146 cm³/mol. The molecule has 0 unspecified atom stereocenters. The van der Waals surface area contributed by atoms with Crippen molar-refractivity contribution in [3.05, 3.63) is 69.5 Å². The fourth-order valence-electron chi connectivity index (χ4n) is 5.08. The second kappa shape index (κ2) is 9.19. The fourth-order valence-corrected chi connectivity index (χ4v) is 6.11. The van der Waals surface area contributed by atoms with Crippen LogP contribution < -0.4 is 11.1 Å². The van der Waals surface area contributed by atoms with Gasteiger partial charge in [-0.2, -0.15) is 5.10 Å². The summed E-state index contributed by atoms with van der Waals surface area (Å²) in [5.74, 6) is -1.18. The Hall–Kier alpha value is -4.25. The number of para-hydroxylation sites is 1. The lowest BCUT2D eigenvalue weighted by Crippen LogP contribution is -2.17. The zero-order valence-corrected chi connectivity index (χ0v) is 22.2. The molecule has 8 nitrogen and oxygen atoms in total. The Morgan fingerprint density at radius 1 is 1.15 bits per heavy atom. The molecule has 0 spiro atoms. The number of anilines is 1. The number of hydrogen-bond donors (Lipinski definition) is 2. The van der Waals surface area contributed by atoms with Crippen molar-refractivity contribution in [2.45, 2.75) is 39.0 Å². The smallest absolute Gasteiger partial charge is 0.280 e. The van der Waals surface area contributed by atoms with Crippen LogP contribution in [0.5, 0.6) is 0 Å². The molecule has 4 heterocycles. The molecule has 1 fully saturated rings. The summed E-state index contributed by atoms with van der Waals surface area (Å²) in [5, 5.41) is 8.50. The summed E-state index contributed by atoms with van der Waals surface area (Å²) in [6, 6.07) is 10.4. The SMILES string of the molecule is Cc1nn(C)c(C)c1-c1cc(C(=O)Nc2c(C(N)=O)sc3nc(C(F)F)cc(C4CC4)c23)c2ccccc2n1. The van der Waals surface area contributed by atoms with E-state index >= 15 is 0 Å². The van der Waals surface area contributed by atoms with Gasteiger partial charge < -0.3 is 11.1 Å². The number of nitrogens with zero attached hydrogens (tertiary/aromatic N) is 4. The largest absolute Gasteiger partial charge is 0.365 e. The number of primary amides is 1. The van der Waals surface area contributed by atoms with Gasteiger partial charge in [-0.25, -0.2) is 18.7 Å². The maximum atomic E-state index is 13.9. The lowest BCUT2D eigenvalue weighted by atomic mass is 10.0. The summed E-state index contributed by atoms with van der Waals surface area (Å²) in [4.78, 5) is 35.6. The highest BCUT2D eigenvalue weighted by molar-refractivity contribution is 7.21. The van der Waals surface area contributed by atoms with Crippen molar-refractivity contribution in [3.8, 4) is 11.3 Å². The summed E-state index contributed by atoms with van der Waals surface area (Å²) < 4.78 is 29.0. The number of aromatic nitrogens is 4. The minimum absolute atomic E-state index is 0.0591. The summed E-state index contributed by atoms with van der Waals surface area (Å²) in [5.41, 5.74) is 10.2. The van der Waals surface area contributed by atoms with E-state index in [9.17, 15) is 18.4 Å². The van der Waals surface area contributed by atoms with Gasteiger partial charge in [0.05, 0.1) is 28.2 Å². The minimum atomic E-state index is -2.76. The number of hydrogen-bond acceptors (Lipinski definition) is 6. The predicted octanol–water partition coefficient (Wildman–Crippen LogP) is 6.03. The molecule has 0 atom stereocenters. The van der Waals surface area contributed by atoms with Crippen molar-refractivity contribution in [2.75, 3.05) is 5.32 Å². The van der Waals surface area contributed by atoms with Gasteiger partial charge in [-0.15, -0.1) is 11.3 Å². The van der Waals surface area contributed by atoms with Gasteiger partial charge in [0.25, 0.3) is 18.2 Å². The molecule has 1 aliphatic carbocycles. The first-order valence-electron chi connectivity index (χ1n) is 12.4. The molecule has 39 heavy (non-hydrogen) atoms. The van der Waals surface area contributed by atoms with Gasteiger partial charge >= 0.3 is 0 Å². The number of fused-ring (bicyclic) bond motifs is 2. The van der Waals surface area contributed by atoms with Crippen molar-refractivity contribution in [1.29, 1.82) is 0 Å². The molecule has 3 N–H and O–H groups in total. The molecule has 11 heteroatoms. The molecular weight excluding hydrogens is 522 g/mol. The van der Waals surface area contributed by atoms with Gasteiger partial charge in [0.2, 0.25) is 0 Å². The van der Waals surface area contributed by atoms with E-state index in [1.54, 1.807) is 16.8 Å². The lowest BCUT2D eigenvalue weighted by Gasteiger charge is -2.13. The van der Waals surface area contributed by atoms with Crippen LogP contribution in [0.2, 0.25) is 0 Å². The molecule has 0 bridgehead atoms. The number of aryl methyl sites for hydroxylation is 2. The molecule has 198 valence electrons. The molecular formula is C28H24F2N6O2S. The first-order chi connectivity index (χ1) is 18.6. The van der Waals surface area contributed by atoms with Gasteiger partial charge in [-0.1, -0.05) is 18.2 Å². The number of nitrogens with two attached hydrogens (primary N) is 1. The number of carbonyl (C=O) groups is 2. The highest BCUT2D eigenvalue weighted by Crippen LogP contribution is 2.48. The van der Waals surface area contributed by atoms with Gasteiger partial charge in [-0.05, 0) is 56.4 Å². The lowest BCUT2D eigenvalue weighted by molar-refractivity contribution is 0.100. The minimum Gasteiger partial charge on any atom is -0.365 e. The number of amides is 2. The fraction of sp³-hybridized carbons (Fsp3) is 0.250. The quantitative estimate of drug-likeness (QED) is 0.270. The first kappa shape index (κ1) is 25.1. The molecule has 2 amide bonds. The third kappa shape index (κ3) is 4.22. The van der Waals surface area contributed by atoms with E-state index in [2.05, 4.69) is 15.4 Å². The number of nitrogens with one attached hydrogen (secondary N) is 1. The Bertz CT molecular complexity index is 1820. The topological polar surface area (TPSA) is 116 Å². The number of halogens is 2. The number of rotatable bonds is 6. The Morgan fingerprint density at radius 3 is 2.54 bits per heavy atom. The number of alkyl halides is 2. The van der Waals surface area contributed by atoms with E-state index in [1.807, 2.05) is 39.1 Å². The van der Waals surface area contributed by atoms with E-state index < -0.39 is 18.2 Å². The second-order valence-corrected chi connectivity index (χ2v) is 10.8. The van der Waals surface area contributed by atoms with Crippen molar-refractivity contribution >= 4 is 50.0 Å². The summed E-state index contributed by atoms with van der Waals surface area (Å²) >= 11 is 0.913. The van der Waals surface area contributed by atoms with Crippen molar-refractivity contribution in [1.82, 2.24) is 19.7 Å². The van der Waals surface area contributed by atoms with Gasteiger partial charge in [0.15, 0.2) is 0 Å². The van der Waals surface area contributed by atoms with Crippen LogP contribution in [-0.2, 0) is 7.05 Å². The van der Waals surface area contributed by atoms with Crippen LogP contribution in [0.4, 0.5) is 14.5 Å². The Morgan fingerprint density at radius 2 is 1.90 bits per heavy atom. The van der Waals surface area contributed by atoms with Crippen LogP contribution in [0.3, 0.4) is 0 Å². The Balaban J connectivity index is 1.53. The van der Waals surface area contributed by atoms with Crippen LogP contribution in [0.25, 0.3) is 32.4 Å². The third-order valence-corrected chi connectivity index (χ3v) is 8.24. The Labute approximate surface area is 225 Å². The van der Waals surface area contributed by atoms with E-state index in [-0.39, 0.29) is 27.0 Å². The zero-order chi connectivity index (χ0) is 27.6. The van der Waals surface area contributed by atoms with Crippen LogP contribution in [-0.4, -0.2) is 31.6 Å². The van der Waals surface area contributed by atoms with E-state index in [4.69, 9.17) is 10.7 Å². The van der Waals surface area contributed by atoms with Gasteiger partial charge in [0, 0.05) is 29.1 Å². The summed E-state index contributed by atoms with van der Waals surface area (Å²) in [7, 11) is 1.85. The van der Waals surface area contributed by atoms with Crippen molar-refractivity contribution in [3.63, 3.8) is 0 Å². The maximum absolute atomic E-state index is 13.9.